The van der Waals surface area contributed by atoms with E-state index < -0.39 is 25.0 Å². The van der Waals surface area contributed by atoms with E-state index in [-0.39, 0.29) is 0 Å². The van der Waals surface area contributed by atoms with Crippen molar-refractivity contribution in [1.29, 1.82) is 0 Å². The van der Waals surface area contributed by atoms with Gasteiger partial charge in [-0.3, -0.25) is 4.79 Å². The molecule has 0 atom stereocenters. The normalized spacial score (nSPS) is 10.9. The molecule has 0 spiro atoms. The molecule has 0 bridgehead atoms. The Hall–Kier alpha value is -4.53. The second-order valence-electron chi connectivity index (χ2n) is 9.14. The molecule has 1 aliphatic carbocycles. The van der Waals surface area contributed by atoms with Crippen LogP contribution in [0.2, 0.25) is 0 Å². The van der Waals surface area contributed by atoms with E-state index in [1.54, 1.807) is 12.1 Å². The minimum atomic E-state index is -1.39. The smallest absolute Gasteiger partial charge is 0.323 e. The van der Waals surface area contributed by atoms with Crippen LogP contribution in [0.4, 0.5) is 11.4 Å². The molecular weight excluding hydrogens is 474 g/mol. The summed E-state index contributed by atoms with van der Waals surface area (Å²) in [5.41, 5.74) is 4.48. The summed E-state index contributed by atoms with van der Waals surface area (Å²) < 4.78 is 13.8. The average molecular weight is 504 g/mol. The highest BCUT2D eigenvalue weighted by molar-refractivity contribution is 6.03. The van der Waals surface area contributed by atoms with E-state index in [2.05, 4.69) is 0 Å². The summed E-state index contributed by atoms with van der Waals surface area (Å²) in [4.78, 5) is 26.2. The van der Waals surface area contributed by atoms with Crippen molar-refractivity contribution in [3.05, 3.63) is 60.0 Å². The average Bonchev–Trinajstić information content (AvgIpc) is 2.85. The summed E-state index contributed by atoms with van der Waals surface area (Å²) in [5.74, 6) is -1.53. The van der Waals surface area contributed by atoms with Gasteiger partial charge in [-0.1, -0.05) is 6.07 Å². The summed E-state index contributed by atoms with van der Waals surface area (Å²) in [7, 11) is 9.28. The lowest BCUT2D eigenvalue weighted by molar-refractivity contribution is -0.303. The van der Waals surface area contributed by atoms with Gasteiger partial charge in [0.25, 0.3) is 0 Å². The maximum atomic E-state index is 11.5. The first-order valence-electron chi connectivity index (χ1n) is 11.6. The molecule has 0 radical (unpaired) electrons. The first kappa shape index (κ1) is 25.6. The molecule has 0 aromatic heterocycles. The first-order chi connectivity index (χ1) is 17.6. The maximum absolute atomic E-state index is 11.5. The zero-order valence-corrected chi connectivity index (χ0v) is 21.4. The van der Waals surface area contributed by atoms with Crippen LogP contribution in [0.15, 0.2) is 59.0 Å². The van der Waals surface area contributed by atoms with Gasteiger partial charge in [0.1, 0.15) is 37.7 Å². The number of carbonyl (C=O) groups excluding carboxylic acids is 1. The lowest BCUT2D eigenvalue weighted by Crippen LogP contribution is -2.40. The van der Waals surface area contributed by atoms with Crippen LogP contribution in [0.3, 0.4) is 0 Å². The number of methoxy groups -OCH3 is 1. The van der Waals surface area contributed by atoms with Crippen LogP contribution in [0, 0.1) is 0 Å². The number of benzene rings is 3. The van der Waals surface area contributed by atoms with Gasteiger partial charge in [0, 0.05) is 48.4 Å². The number of carboxylic acids is 2. The molecule has 0 saturated heterocycles. The third-order valence-electron chi connectivity index (χ3n) is 6.18. The van der Waals surface area contributed by atoms with Crippen molar-refractivity contribution in [3.8, 4) is 28.2 Å². The van der Waals surface area contributed by atoms with Gasteiger partial charge in [-0.05, 0) is 35.9 Å². The van der Waals surface area contributed by atoms with Gasteiger partial charge in [0.15, 0.2) is 0 Å². The highest BCUT2D eigenvalue weighted by Gasteiger charge is 2.22. The highest BCUT2D eigenvalue weighted by atomic mass is 16.5. The Morgan fingerprint density at radius 2 is 1.78 bits per heavy atom. The minimum Gasteiger partial charge on any atom is -0.548 e. The van der Waals surface area contributed by atoms with Crippen molar-refractivity contribution in [2.45, 2.75) is 0 Å². The fourth-order valence-corrected chi connectivity index (χ4v) is 4.37. The van der Waals surface area contributed by atoms with Gasteiger partial charge in [-0.25, -0.2) is 4.58 Å². The third-order valence-corrected chi connectivity index (χ3v) is 6.18. The number of rotatable bonds is 8. The summed E-state index contributed by atoms with van der Waals surface area (Å²) in [5, 5.41) is 22.7. The molecule has 4 rings (SSSR count). The quantitative estimate of drug-likeness (QED) is 0.287. The number of fused-ring (bicyclic) bond motifs is 2. The zero-order chi connectivity index (χ0) is 26.9. The molecule has 2 aromatic carbocycles. The Bertz CT molecular complexity index is 1520. The van der Waals surface area contributed by atoms with E-state index in [0.717, 1.165) is 33.1 Å². The van der Waals surface area contributed by atoms with Crippen LogP contribution in [0.25, 0.3) is 33.4 Å². The maximum Gasteiger partial charge on any atom is 0.323 e. The van der Waals surface area contributed by atoms with Crippen LogP contribution in [0.1, 0.15) is 0 Å². The number of anilines is 2. The van der Waals surface area contributed by atoms with Gasteiger partial charge >= 0.3 is 5.97 Å². The molecule has 0 amide bonds. The third kappa shape index (κ3) is 5.20. The van der Waals surface area contributed by atoms with E-state index in [9.17, 15) is 19.8 Å². The largest absolute Gasteiger partial charge is 0.548 e. The molecule has 9 nitrogen and oxygen atoms in total. The predicted octanol–water partition coefficient (Wildman–Crippen LogP) is 1.95. The second kappa shape index (κ2) is 10.2. The fraction of sp³-hybridized carbons (Fsp3) is 0.250. The Balaban J connectivity index is 2.05. The van der Waals surface area contributed by atoms with Crippen molar-refractivity contribution < 1.29 is 29.0 Å². The van der Waals surface area contributed by atoms with Crippen LogP contribution < -0.4 is 29.6 Å². The molecule has 2 aliphatic rings. The van der Waals surface area contributed by atoms with Gasteiger partial charge in [-0.2, -0.15) is 0 Å². The lowest BCUT2D eigenvalue weighted by Gasteiger charge is -2.26. The molecule has 192 valence electrons. The van der Waals surface area contributed by atoms with E-state index >= 15 is 0 Å². The van der Waals surface area contributed by atoms with E-state index in [4.69, 9.17) is 9.15 Å². The molecule has 1 heterocycles. The number of hydrogen-bond donors (Lipinski definition) is 1. The predicted molar refractivity (Wildman–Crippen MR) is 141 cm³/mol. The topological polar surface area (TPSA) is 109 Å². The van der Waals surface area contributed by atoms with Gasteiger partial charge in [-0.15, -0.1) is 0 Å². The van der Waals surface area contributed by atoms with Crippen LogP contribution in [-0.4, -0.2) is 65.4 Å². The van der Waals surface area contributed by atoms with Crippen molar-refractivity contribution in [1.82, 2.24) is 4.58 Å². The van der Waals surface area contributed by atoms with Gasteiger partial charge in [0.2, 0.25) is 5.36 Å². The van der Waals surface area contributed by atoms with E-state index in [0.29, 0.717) is 22.8 Å². The number of aliphatic carboxylic acids is 2. The second-order valence-corrected chi connectivity index (χ2v) is 9.14. The standard InChI is InChI=1S/C28H29N3O6/c1-29(2)18-7-9-20-24(13-18)37-25-14-19(30(3)4)8-10-21(25)28(20)17-6-11-23(36-5)22(12-17)31(15-26(32)33)16-27(34)35/h6-14H,15-16H2,1-5H3,(H-,32,33,34,35). The summed E-state index contributed by atoms with van der Waals surface area (Å²) in [6.07, 6.45) is 0. The molecule has 1 aliphatic heterocycles. The molecule has 37 heavy (non-hydrogen) atoms. The van der Waals surface area contributed by atoms with Crippen molar-refractivity contribution in [2.24, 2.45) is 0 Å². The zero-order valence-electron chi connectivity index (χ0n) is 21.4. The van der Waals surface area contributed by atoms with Crippen molar-refractivity contribution >= 4 is 34.3 Å². The fourth-order valence-electron chi connectivity index (χ4n) is 4.37. The SMILES string of the molecule is COc1ccc(-c2c3ccc(=[N+](C)C)cc-3oc3cc(N(C)C)ccc23)cc1N(CC(=O)[O-])CC(=O)O. The number of nitrogens with zero attached hydrogens (tertiary/aromatic N) is 3. The molecule has 0 unspecified atom stereocenters. The lowest BCUT2D eigenvalue weighted by atomic mass is 9.93. The van der Waals surface area contributed by atoms with Crippen LogP contribution >= 0.6 is 0 Å². The molecule has 0 fully saturated rings. The molecule has 1 N–H and O–H groups in total. The van der Waals surface area contributed by atoms with Crippen molar-refractivity contribution in [2.75, 3.05) is 58.2 Å². The number of ether oxygens (including phenoxy) is 1. The molecule has 2 aromatic rings. The molecule has 0 saturated carbocycles. The molecular formula is C28H29N3O6. The van der Waals surface area contributed by atoms with Crippen LogP contribution in [-0.2, 0) is 9.59 Å². The number of carbonyl (C=O) groups is 2. The summed E-state index contributed by atoms with van der Waals surface area (Å²) in [6, 6.07) is 17.2. The summed E-state index contributed by atoms with van der Waals surface area (Å²) in [6.45, 7) is -1.13. The number of carboxylic acid groups (broad SMARTS) is 2. The Morgan fingerprint density at radius 3 is 2.41 bits per heavy atom. The Kier molecular flexibility index (Phi) is 7.06. The highest BCUT2D eigenvalue weighted by Crippen LogP contribution is 2.43. The van der Waals surface area contributed by atoms with E-state index in [1.807, 2.05) is 80.1 Å². The first-order valence-corrected chi connectivity index (χ1v) is 11.6. The minimum absolute atomic E-state index is 0.337. The van der Waals surface area contributed by atoms with Gasteiger partial charge < -0.3 is 34.0 Å². The Labute approximate surface area is 214 Å². The van der Waals surface area contributed by atoms with E-state index in [1.165, 1.54) is 12.0 Å². The van der Waals surface area contributed by atoms with Crippen molar-refractivity contribution in [3.63, 3.8) is 0 Å². The Morgan fingerprint density at radius 1 is 1.03 bits per heavy atom. The molecule has 9 heteroatoms. The number of hydrogen-bond acceptors (Lipinski definition) is 7. The van der Waals surface area contributed by atoms with Crippen LogP contribution in [0.5, 0.6) is 5.75 Å². The monoisotopic (exact) mass is 503 g/mol. The summed E-state index contributed by atoms with van der Waals surface area (Å²) >= 11 is 0. The van der Waals surface area contributed by atoms with Gasteiger partial charge in [0.05, 0.1) is 31.4 Å².